The molecule has 0 aromatic heterocycles. The van der Waals surface area contributed by atoms with Crippen molar-refractivity contribution in [3.8, 4) is 0 Å². The fourth-order valence-corrected chi connectivity index (χ4v) is 5.65. The minimum Gasteiger partial charge on any atom is -0.756 e. The summed E-state index contributed by atoms with van der Waals surface area (Å²) in [7, 11) is 1.05. The summed E-state index contributed by atoms with van der Waals surface area (Å²) in [4.78, 5) is 49.5. The predicted octanol–water partition coefficient (Wildman–Crippen LogP) is 10.0. The number of phosphoric acid groups is 1. The molecule has 0 spiro atoms. The highest BCUT2D eigenvalue weighted by Gasteiger charge is 2.21. The molecule has 0 saturated heterocycles. The van der Waals surface area contributed by atoms with Crippen LogP contribution in [0.25, 0.3) is 0 Å². The van der Waals surface area contributed by atoms with Crippen LogP contribution >= 0.6 is 7.82 Å². The second-order valence-corrected chi connectivity index (χ2v) is 16.1. The Kier molecular flexibility index (Phi) is 33.7. The molecule has 11 heteroatoms. The highest BCUT2D eigenvalue weighted by molar-refractivity contribution is 7.45. The number of quaternary nitrogens is 1. The number of ether oxygens (including phenoxy) is 2. The van der Waals surface area contributed by atoms with E-state index in [4.69, 9.17) is 18.5 Å². The molecule has 0 aliphatic heterocycles. The smallest absolute Gasteiger partial charge is 0.306 e. The molecule has 0 amide bonds. The zero-order valence-electron chi connectivity index (χ0n) is 34.8. The largest absolute Gasteiger partial charge is 0.756 e. The van der Waals surface area contributed by atoms with E-state index in [9.17, 15) is 23.8 Å². The van der Waals surface area contributed by atoms with Gasteiger partial charge in [0.1, 0.15) is 19.8 Å². The highest BCUT2D eigenvalue weighted by Crippen LogP contribution is 2.38. The molecule has 0 aliphatic carbocycles. The Labute approximate surface area is 334 Å². The van der Waals surface area contributed by atoms with E-state index in [1.54, 1.807) is 6.08 Å². The third-order valence-electron chi connectivity index (χ3n) is 8.19. The number of esters is 2. The Morgan fingerprint density at radius 3 is 1.85 bits per heavy atom. The lowest BCUT2D eigenvalue weighted by Gasteiger charge is -2.28. The van der Waals surface area contributed by atoms with Crippen molar-refractivity contribution >= 4 is 25.5 Å². The number of allylic oxidation sites excluding steroid dienone is 12. The minimum atomic E-state index is -4.67. The standard InChI is InChI=1S/C44H74NO9P/c1-6-8-10-12-14-15-16-17-18-19-20-21-23-27-31-35-43(47)51-39-42(40-53-55(49,50)52-38-37-45(3,4)5)54-44(48)36-32-28-24-26-30-34-41(46)33-29-25-22-13-11-9-7-2/h8,10,14-15,17-18,20-22,25,29,33,42H,6-7,9,11-13,16,19,23-24,26-28,30-32,34-40H2,1-5H3/b10-8-,15-14-,18-17-,21-20-,25-22-,33-29+/t42-/m1/s1. The molecule has 0 aliphatic rings. The Morgan fingerprint density at radius 2 is 1.20 bits per heavy atom. The second kappa shape index (κ2) is 35.5. The van der Waals surface area contributed by atoms with E-state index < -0.39 is 32.5 Å². The molecule has 0 saturated carbocycles. The molecule has 55 heavy (non-hydrogen) atoms. The fraction of sp³-hybridized carbons (Fsp3) is 0.659. The zero-order chi connectivity index (χ0) is 40.9. The van der Waals surface area contributed by atoms with Gasteiger partial charge in [0.2, 0.25) is 0 Å². The Hall–Kier alpha value is -2.88. The number of likely N-dealkylation sites (N-methyl/N-ethyl adjacent to an activating group) is 1. The molecule has 0 aromatic rings. The van der Waals surface area contributed by atoms with Crippen LogP contribution in [0.1, 0.15) is 136 Å². The van der Waals surface area contributed by atoms with Gasteiger partial charge in [0.15, 0.2) is 11.9 Å². The van der Waals surface area contributed by atoms with Crippen molar-refractivity contribution in [1.29, 1.82) is 0 Å². The van der Waals surface area contributed by atoms with E-state index in [2.05, 4.69) is 68.5 Å². The first-order chi connectivity index (χ1) is 26.4. The van der Waals surface area contributed by atoms with Gasteiger partial charge in [-0.25, -0.2) is 0 Å². The first kappa shape index (κ1) is 52.1. The van der Waals surface area contributed by atoms with E-state index in [0.717, 1.165) is 70.6 Å². The molecular formula is C44H74NO9P. The van der Waals surface area contributed by atoms with Crippen LogP contribution < -0.4 is 4.89 Å². The third kappa shape index (κ3) is 39.2. The molecule has 2 atom stereocenters. The zero-order valence-corrected chi connectivity index (χ0v) is 35.7. The van der Waals surface area contributed by atoms with Crippen LogP contribution in [0.3, 0.4) is 0 Å². The molecule has 0 rings (SSSR count). The van der Waals surface area contributed by atoms with Crippen molar-refractivity contribution in [3.05, 3.63) is 72.9 Å². The number of hydrogen-bond donors (Lipinski definition) is 0. The van der Waals surface area contributed by atoms with Crippen LogP contribution in [-0.2, 0) is 37.5 Å². The van der Waals surface area contributed by atoms with E-state index in [1.807, 2.05) is 33.3 Å². The summed E-state index contributed by atoms with van der Waals surface area (Å²) in [5.74, 6) is -0.875. The molecule has 314 valence electrons. The molecule has 0 aromatic carbocycles. The minimum absolute atomic E-state index is 0.0635. The maximum absolute atomic E-state index is 12.6. The Balaban J connectivity index is 4.58. The molecule has 0 radical (unpaired) electrons. The number of nitrogens with zero attached hydrogens (tertiary/aromatic N) is 1. The molecule has 0 N–H and O–H groups in total. The van der Waals surface area contributed by atoms with Crippen LogP contribution in [0.5, 0.6) is 0 Å². The molecule has 0 fully saturated rings. The quantitative estimate of drug-likeness (QED) is 0.0116. The summed E-state index contributed by atoms with van der Waals surface area (Å²) in [6, 6.07) is 0. The number of hydrogen-bond acceptors (Lipinski definition) is 9. The van der Waals surface area contributed by atoms with Gasteiger partial charge in [-0.1, -0.05) is 113 Å². The summed E-state index contributed by atoms with van der Waals surface area (Å²) >= 11 is 0. The SMILES string of the molecule is CC/C=C\C/C=C\C/C=C\C/C=C\CCCCC(=O)OC[C@H](COP(=O)([O-])OCC[N+](C)(C)C)OC(=O)CCCCCCCC(=O)/C=C/C=C\CCCCC. The lowest BCUT2D eigenvalue weighted by molar-refractivity contribution is -0.870. The van der Waals surface area contributed by atoms with Gasteiger partial charge in [0, 0.05) is 19.3 Å². The lowest BCUT2D eigenvalue weighted by Crippen LogP contribution is -2.37. The lowest BCUT2D eigenvalue weighted by atomic mass is 10.1. The fourth-order valence-electron chi connectivity index (χ4n) is 4.92. The topological polar surface area (TPSA) is 128 Å². The maximum atomic E-state index is 12.6. The van der Waals surface area contributed by atoms with Gasteiger partial charge in [-0.2, -0.15) is 0 Å². The molecule has 10 nitrogen and oxygen atoms in total. The average molecular weight is 792 g/mol. The van der Waals surface area contributed by atoms with Crippen LogP contribution in [-0.4, -0.2) is 75.8 Å². The van der Waals surface area contributed by atoms with E-state index >= 15 is 0 Å². The van der Waals surface area contributed by atoms with E-state index in [-0.39, 0.29) is 31.8 Å². The Morgan fingerprint density at radius 1 is 0.636 bits per heavy atom. The molecule has 0 bridgehead atoms. The second-order valence-electron chi connectivity index (χ2n) is 14.6. The van der Waals surface area contributed by atoms with Gasteiger partial charge in [-0.05, 0) is 76.7 Å². The predicted molar refractivity (Wildman–Crippen MR) is 222 cm³/mol. The van der Waals surface area contributed by atoms with E-state index in [1.165, 1.54) is 19.3 Å². The van der Waals surface area contributed by atoms with Gasteiger partial charge in [-0.15, -0.1) is 0 Å². The number of carbonyl (C=O) groups excluding carboxylic acids is 3. The summed E-state index contributed by atoms with van der Waals surface area (Å²) in [5, 5.41) is 0. The van der Waals surface area contributed by atoms with Crippen molar-refractivity contribution in [2.75, 3.05) is 47.5 Å². The van der Waals surface area contributed by atoms with Crippen molar-refractivity contribution in [2.24, 2.45) is 0 Å². The number of ketones is 1. The van der Waals surface area contributed by atoms with Crippen molar-refractivity contribution < 1.29 is 46.8 Å². The normalized spacial score (nSPS) is 14.3. The first-order valence-electron chi connectivity index (χ1n) is 20.6. The van der Waals surface area contributed by atoms with Gasteiger partial charge < -0.3 is 27.9 Å². The number of rotatable bonds is 36. The summed E-state index contributed by atoms with van der Waals surface area (Å²) in [6.07, 6.45) is 39.0. The number of carbonyl (C=O) groups is 3. The number of phosphoric ester groups is 1. The first-order valence-corrected chi connectivity index (χ1v) is 22.1. The van der Waals surface area contributed by atoms with Crippen LogP contribution in [0.15, 0.2) is 72.9 Å². The summed E-state index contributed by atoms with van der Waals surface area (Å²) in [6.45, 7) is 3.84. The third-order valence-corrected chi connectivity index (χ3v) is 9.15. The van der Waals surface area contributed by atoms with Crippen LogP contribution in [0.4, 0.5) is 0 Å². The van der Waals surface area contributed by atoms with Gasteiger partial charge in [0.05, 0.1) is 27.7 Å². The Bertz CT molecular complexity index is 1230. The van der Waals surface area contributed by atoms with E-state index in [0.29, 0.717) is 30.3 Å². The molecule has 0 heterocycles. The van der Waals surface area contributed by atoms with Gasteiger partial charge in [0.25, 0.3) is 7.82 Å². The summed E-state index contributed by atoms with van der Waals surface area (Å²) < 4.78 is 33.7. The van der Waals surface area contributed by atoms with Crippen molar-refractivity contribution in [1.82, 2.24) is 0 Å². The van der Waals surface area contributed by atoms with Crippen molar-refractivity contribution in [3.63, 3.8) is 0 Å². The summed E-state index contributed by atoms with van der Waals surface area (Å²) in [5.41, 5.74) is 0. The maximum Gasteiger partial charge on any atom is 0.306 e. The van der Waals surface area contributed by atoms with Crippen LogP contribution in [0.2, 0.25) is 0 Å². The monoisotopic (exact) mass is 792 g/mol. The van der Waals surface area contributed by atoms with Crippen LogP contribution in [0, 0.1) is 0 Å². The number of unbranched alkanes of at least 4 members (excludes halogenated alkanes) is 9. The molecule has 1 unspecified atom stereocenters. The van der Waals surface area contributed by atoms with Gasteiger partial charge >= 0.3 is 11.9 Å². The molecular weight excluding hydrogens is 717 g/mol. The average Bonchev–Trinajstić information content (AvgIpc) is 3.12. The van der Waals surface area contributed by atoms with Gasteiger partial charge in [-0.3, -0.25) is 18.9 Å². The highest BCUT2D eigenvalue weighted by atomic mass is 31.2. The van der Waals surface area contributed by atoms with Crippen molar-refractivity contribution in [2.45, 2.75) is 142 Å².